The van der Waals surface area contributed by atoms with Crippen LogP contribution in [0.3, 0.4) is 0 Å². The molecule has 0 amide bonds. The number of phenols is 1. The standard InChI is InChI=1S/C13H11NO5S/c1-9(16)20-5-3-2-4-10-6-12(14(18)19)7-11(8-15)13(10)17/h6-8,17H,3,5H2,1H3. The van der Waals surface area contributed by atoms with E-state index < -0.39 is 4.92 Å². The number of carbonyl (C=O) groups excluding carboxylic acids is 2. The van der Waals surface area contributed by atoms with Crippen LogP contribution in [0.4, 0.5) is 5.69 Å². The zero-order valence-corrected chi connectivity index (χ0v) is 11.4. The Morgan fingerprint density at radius 2 is 2.25 bits per heavy atom. The Morgan fingerprint density at radius 3 is 2.80 bits per heavy atom. The van der Waals surface area contributed by atoms with Gasteiger partial charge in [0.1, 0.15) is 5.75 Å². The van der Waals surface area contributed by atoms with E-state index in [1.807, 2.05) is 0 Å². The van der Waals surface area contributed by atoms with Gasteiger partial charge in [0.15, 0.2) is 11.4 Å². The summed E-state index contributed by atoms with van der Waals surface area (Å²) in [5.41, 5.74) is -0.469. The number of phenolic OH excluding ortho intramolecular Hbond substituents is 1. The Labute approximate surface area is 119 Å². The van der Waals surface area contributed by atoms with E-state index in [9.17, 15) is 24.8 Å². The number of hydrogen-bond donors (Lipinski definition) is 1. The molecule has 0 fully saturated rings. The van der Waals surface area contributed by atoms with Gasteiger partial charge in [-0.2, -0.15) is 0 Å². The van der Waals surface area contributed by atoms with Gasteiger partial charge in [-0.05, 0) is 0 Å². The van der Waals surface area contributed by atoms with E-state index in [-0.39, 0.29) is 27.7 Å². The minimum Gasteiger partial charge on any atom is -0.506 e. The van der Waals surface area contributed by atoms with Crippen molar-refractivity contribution in [3.63, 3.8) is 0 Å². The van der Waals surface area contributed by atoms with Crippen LogP contribution < -0.4 is 0 Å². The highest BCUT2D eigenvalue weighted by molar-refractivity contribution is 8.13. The van der Waals surface area contributed by atoms with Gasteiger partial charge in [-0.3, -0.25) is 19.7 Å². The fraction of sp³-hybridized carbons (Fsp3) is 0.231. The van der Waals surface area contributed by atoms with E-state index in [4.69, 9.17) is 0 Å². The van der Waals surface area contributed by atoms with Crippen molar-refractivity contribution in [3.05, 3.63) is 33.4 Å². The molecular formula is C13H11NO5S. The van der Waals surface area contributed by atoms with Crippen LogP contribution in [0.15, 0.2) is 12.1 Å². The van der Waals surface area contributed by atoms with Crippen molar-refractivity contribution in [1.82, 2.24) is 0 Å². The zero-order valence-electron chi connectivity index (χ0n) is 10.6. The van der Waals surface area contributed by atoms with Crippen molar-refractivity contribution in [2.24, 2.45) is 0 Å². The number of rotatable bonds is 4. The number of nitrogens with zero attached hydrogens (tertiary/aromatic N) is 1. The molecule has 7 heteroatoms. The lowest BCUT2D eigenvalue weighted by atomic mass is 10.1. The fourth-order valence-corrected chi connectivity index (χ4v) is 1.83. The molecule has 0 aliphatic carbocycles. The highest BCUT2D eigenvalue weighted by atomic mass is 32.2. The molecule has 0 spiro atoms. The van der Waals surface area contributed by atoms with Gasteiger partial charge in [-0.1, -0.05) is 23.6 Å². The summed E-state index contributed by atoms with van der Waals surface area (Å²) in [6.07, 6.45) is 0.724. The summed E-state index contributed by atoms with van der Waals surface area (Å²) >= 11 is 1.12. The Kier molecular flexibility index (Phi) is 5.74. The van der Waals surface area contributed by atoms with E-state index in [2.05, 4.69) is 11.8 Å². The van der Waals surface area contributed by atoms with Crippen molar-refractivity contribution in [3.8, 4) is 17.6 Å². The van der Waals surface area contributed by atoms with Crippen molar-refractivity contribution >= 4 is 28.9 Å². The third kappa shape index (κ3) is 4.40. The van der Waals surface area contributed by atoms with Gasteiger partial charge in [0, 0.05) is 31.2 Å². The average molecular weight is 293 g/mol. The van der Waals surface area contributed by atoms with Gasteiger partial charge >= 0.3 is 0 Å². The number of aldehydes is 1. The first kappa shape index (κ1) is 15.7. The lowest BCUT2D eigenvalue weighted by Gasteiger charge is -2.00. The van der Waals surface area contributed by atoms with Crippen LogP contribution in [0.2, 0.25) is 0 Å². The third-order valence-corrected chi connectivity index (χ3v) is 3.03. The molecule has 0 saturated heterocycles. The summed E-state index contributed by atoms with van der Waals surface area (Å²) in [5.74, 6) is 5.38. The molecule has 0 aliphatic rings. The number of hydrogen-bond acceptors (Lipinski definition) is 6. The minimum absolute atomic E-state index is 0.0202. The molecule has 0 heterocycles. The molecule has 0 aliphatic heterocycles. The maximum Gasteiger partial charge on any atom is 0.271 e. The predicted molar refractivity (Wildman–Crippen MR) is 74.8 cm³/mol. The lowest BCUT2D eigenvalue weighted by Crippen LogP contribution is -1.93. The number of thioether (sulfide) groups is 1. The molecule has 1 N–H and O–H groups in total. The maximum atomic E-state index is 10.7. The summed E-state index contributed by atoms with van der Waals surface area (Å²) in [6.45, 7) is 1.45. The molecule has 0 bridgehead atoms. The first-order valence-electron chi connectivity index (χ1n) is 5.54. The largest absolute Gasteiger partial charge is 0.506 e. The summed E-state index contributed by atoms with van der Waals surface area (Å²) < 4.78 is 0. The smallest absolute Gasteiger partial charge is 0.271 e. The lowest BCUT2D eigenvalue weighted by molar-refractivity contribution is -0.384. The summed E-state index contributed by atoms with van der Waals surface area (Å²) in [5, 5.41) is 20.4. The van der Waals surface area contributed by atoms with Gasteiger partial charge in [0.25, 0.3) is 5.69 Å². The minimum atomic E-state index is -0.663. The number of carbonyl (C=O) groups is 2. The molecule has 0 atom stereocenters. The highest BCUT2D eigenvalue weighted by Gasteiger charge is 2.14. The summed E-state index contributed by atoms with van der Waals surface area (Å²) in [7, 11) is 0. The van der Waals surface area contributed by atoms with Crippen LogP contribution in [0, 0.1) is 22.0 Å². The Hall–Kier alpha value is -2.33. The second-order valence-corrected chi connectivity index (χ2v) is 4.97. The third-order valence-electron chi connectivity index (χ3n) is 2.22. The Morgan fingerprint density at radius 1 is 1.55 bits per heavy atom. The quantitative estimate of drug-likeness (QED) is 0.300. The number of nitro groups is 1. The first-order chi connectivity index (χ1) is 9.45. The number of benzene rings is 1. The maximum absolute atomic E-state index is 10.7. The summed E-state index contributed by atoms with van der Waals surface area (Å²) in [4.78, 5) is 31.5. The van der Waals surface area contributed by atoms with Crippen LogP contribution in [0.25, 0.3) is 0 Å². The van der Waals surface area contributed by atoms with Crippen molar-refractivity contribution in [2.75, 3.05) is 5.75 Å². The Bertz CT molecular complexity index is 615. The van der Waals surface area contributed by atoms with Gasteiger partial charge in [0.05, 0.1) is 16.1 Å². The van der Waals surface area contributed by atoms with E-state index in [0.717, 1.165) is 23.9 Å². The van der Waals surface area contributed by atoms with Crippen molar-refractivity contribution in [1.29, 1.82) is 0 Å². The number of non-ortho nitro benzene ring substituents is 1. The number of aromatic hydroxyl groups is 1. The monoisotopic (exact) mass is 293 g/mol. The molecule has 20 heavy (non-hydrogen) atoms. The van der Waals surface area contributed by atoms with Crippen LogP contribution in [0.1, 0.15) is 29.3 Å². The second-order valence-electron chi connectivity index (χ2n) is 3.70. The van der Waals surface area contributed by atoms with Crippen molar-refractivity contribution < 1.29 is 19.6 Å². The Balaban J connectivity index is 2.96. The van der Waals surface area contributed by atoms with Crippen LogP contribution in [0.5, 0.6) is 5.75 Å². The van der Waals surface area contributed by atoms with Gasteiger partial charge in [0.2, 0.25) is 0 Å². The first-order valence-corrected chi connectivity index (χ1v) is 6.53. The molecule has 0 saturated carbocycles. The predicted octanol–water partition coefficient (Wildman–Crippen LogP) is 2.13. The molecule has 6 nitrogen and oxygen atoms in total. The zero-order chi connectivity index (χ0) is 15.1. The fourth-order valence-electron chi connectivity index (χ4n) is 1.34. The SMILES string of the molecule is CC(=O)SCCC#Cc1cc([N+](=O)[O-])cc(C=O)c1O. The molecule has 1 aromatic carbocycles. The number of nitro benzene ring substituents is 1. The van der Waals surface area contributed by atoms with Gasteiger partial charge in [-0.25, -0.2) is 0 Å². The molecule has 104 valence electrons. The van der Waals surface area contributed by atoms with E-state index in [1.165, 1.54) is 6.92 Å². The molecule has 1 rings (SSSR count). The van der Waals surface area contributed by atoms with E-state index in [0.29, 0.717) is 18.5 Å². The molecular weight excluding hydrogens is 282 g/mol. The molecule has 0 unspecified atom stereocenters. The highest BCUT2D eigenvalue weighted by Crippen LogP contribution is 2.26. The average Bonchev–Trinajstić information content (AvgIpc) is 2.39. The van der Waals surface area contributed by atoms with E-state index >= 15 is 0 Å². The van der Waals surface area contributed by atoms with Crippen molar-refractivity contribution in [2.45, 2.75) is 13.3 Å². The molecule has 1 aromatic rings. The van der Waals surface area contributed by atoms with Gasteiger partial charge < -0.3 is 5.11 Å². The van der Waals surface area contributed by atoms with Crippen LogP contribution in [-0.4, -0.2) is 27.2 Å². The van der Waals surface area contributed by atoms with Crippen LogP contribution in [-0.2, 0) is 4.79 Å². The van der Waals surface area contributed by atoms with Crippen LogP contribution >= 0.6 is 11.8 Å². The summed E-state index contributed by atoms with van der Waals surface area (Å²) in [6, 6.07) is 2.09. The topological polar surface area (TPSA) is 97.5 Å². The molecule has 0 aromatic heterocycles. The van der Waals surface area contributed by atoms with Gasteiger partial charge in [-0.15, -0.1) is 0 Å². The second kappa shape index (κ2) is 7.31. The van der Waals surface area contributed by atoms with E-state index in [1.54, 1.807) is 0 Å². The molecule has 0 radical (unpaired) electrons. The normalized spacial score (nSPS) is 9.45.